The second-order valence-corrected chi connectivity index (χ2v) is 7.53. The average Bonchev–Trinajstić information content (AvgIpc) is 3.40. The number of hydrogen-bond acceptors (Lipinski definition) is 6. The molecule has 0 aliphatic carbocycles. The summed E-state index contributed by atoms with van der Waals surface area (Å²) in [5.41, 5.74) is 1.75. The van der Waals surface area contributed by atoms with Crippen molar-refractivity contribution in [3.63, 3.8) is 0 Å². The highest BCUT2D eigenvalue weighted by Crippen LogP contribution is 2.18. The topological polar surface area (TPSA) is 79.2 Å². The van der Waals surface area contributed by atoms with E-state index in [0.29, 0.717) is 24.5 Å². The van der Waals surface area contributed by atoms with Gasteiger partial charge in [0.2, 0.25) is 0 Å². The highest BCUT2D eigenvalue weighted by Gasteiger charge is 2.23. The van der Waals surface area contributed by atoms with E-state index in [0.717, 1.165) is 30.4 Å². The molecule has 0 bridgehead atoms. The van der Waals surface area contributed by atoms with Gasteiger partial charge in [-0.25, -0.2) is 4.98 Å². The summed E-state index contributed by atoms with van der Waals surface area (Å²) in [6, 6.07) is 21.2. The van der Waals surface area contributed by atoms with Crippen LogP contribution in [0.5, 0.6) is 0 Å². The van der Waals surface area contributed by atoms with Crippen LogP contribution in [-0.4, -0.2) is 56.7 Å². The Morgan fingerprint density at radius 2 is 1.56 bits per heavy atom. The molecule has 0 atom stereocenters. The molecule has 4 aromatic rings. The first-order chi connectivity index (χ1) is 15.8. The Kier molecular flexibility index (Phi) is 5.48. The number of amides is 1. The van der Waals surface area contributed by atoms with Crippen molar-refractivity contribution in [1.82, 2.24) is 24.6 Å². The molecule has 1 aliphatic rings. The Hall–Kier alpha value is -4.20. The molecule has 1 fully saturated rings. The molecule has 1 amide bonds. The number of anilines is 3. The molecule has 32 heavy (non-hydrogen) atoms. The summed E-state index contributed by atoms with van der Waals surface area (Å²) in [4.78, 5) is 21.2. The number of nitrogens with zero attached hydrogens (tertiary/aromatic N) is 6. The lowest BCUT2D eigenvalue weighted by atomic mass is 10.1. The fourth-order valence-corrected chi connectivity index (χ4v) is 3.73. The first-order valence-electron chi connectivity index (χ1n) is 10.6. The number of rotatable bonds is 5. The molecular weight excluding hydrogens is 402 g/mol. The number of aromatic nitrogens is 4. The lowest BCUT2D eigenvalue weighted by Crippen LogP contribution is -2.49. The number of benzene rings is 1. The predicted octanol–water partition coefficient (Wildman–Crippen LogP) is 3.37. The lowest BCUT2D eigenvalue weighted by molar-refractivity contribution is 0.0746. The van der Waals surface area contributed by atoms with Gasteiger partial charge in [0.05, 0.1) is 0 Å². The van der Waals surface area contributed by atoms with Crippen molar-refractivity contribution in [2.75, 3.05) is 36.4 Å². The molecule has 0 unspecified atom stereocenters. The smallest absolute Gasteiger partial charge is 0.253 e. The fraction of sp³-hybridized carbons (Fsp3) is 0.167. The zero-order valence-corrected chi connectivity index (χ0v) is 17.5. The zero-order valence-electron chi connectivity index (χ0n) is 17.5. The second kappa shape index (κ2) is 8.89. The third-order valence-electron chi connectivity index (χ3n) is 5.48. The van der Waals surface area contributed by atoms with Crippen molar-refractivity contribution < 1.29 is 4.79 Å². The third kappa shape index (κ3) is 4.29. The van der Waals surface area contributed by atoms with Crippen molar-refractivity contribution >= 4 is 23.4 Å². The van der Waals surface area contributed by atoms with Gasteiger partial charge in [0, 0.05) is 56.0 Å². The van der Waals surface area contributed by atoms with Crippen molar-refractivity contribution in [3.05, 3.63) is 90.9 Å². The van der Waals surface area contributed by atoms with E-state index in [-0.39, 0.29) is 5.91 Å². The van der Waals surface area contributed by atoms with E-state index in [2.05, 4.69) is 25.4 Å². The quantitative estimate of drug-likeness (QED) is 0.528. The van der Waals surface area contributed by atoms with Crippen LogP contribution in [0.1, 0.15) is 10.4 Å². The summed E-state index contributed by atoms with van der Waals surface area (Å²) in [7, 11) is 0. The van der Waals surface area contributed by atoms with E-state index in [9.17, 15) is 4.79 Å². The first-order valence-corrected chi connectivity index (χ1v) is 10.6. The maximum absolute atomic E-state index is 12.9. The molecule has 1 aromatic carbocycles. The van der Waals surface area contributed by atoms with Gasteiger partial charge in [0.15, 0.2) is 11.6 Å². The maximum Gasteiger partial charge on any atom is 0.253 e. The summed E-state index contributed by atoms with van der Waals surface area (Å²) in [5.74, 6) is 2.23. The van der Waals surface area contributed by atoms with Crippen LogP contribution in [0.3, 0.4) is 0 Å². The Morgan fingerprint density at radius 3 is 2.22 bits per heavy atom. The van der Waals surface area contributed by atoms with Gasteiger partial charge in [-0.15, -0.1) is 10.2 Å². The zero-order chi connectivity index (χ0) is 21.8. The van der Waals surface area contributed by atoms with Gasteiger partial charge in [0.1, 0.15) is 5.82 Å². The molecule has 5 rings (SSSR count). The van der Waals surface area contributed by atoms with Crippen LogP contribution in [0.2, 0.25) is 0 Å². The van der Waals surface area contributed by atoms with Gasteiger partial charge >= 0.3 is 0 Å². The summed E-state index contributed by atoms with van der Waals surface area (Å²) >= 11 is 0. The number of piperazine rings is 1. The molecule has 3 aromatic heterocycles. The van der Waals surface area contributed by atoms with Gasteiger partial charge in [0.25, 0.3) is 5.91 Å². The summed E-state index contributed by atoms with van der Waals surface area (Å²) in [6.45, 7) is 2.73. The van der Waals surface area contributed by atoms with Gasteiger partial charge in [-0.2, -0.15) is 0 Å². The number of nitrogens with one attached hydrogen (secondary N) is 1. The standard InChI is InChI=1S/C24H23N7O/c32-24(19-6-8-20(9-7-19)29-13-3-4-14-29)31-17-15-30(16-18-31)23-11-10-22(27-28-23)26-21-5-1-2-12-25-21/h1-14H,15-18H2,(H,25,26,27). The van der Waals surface area contributed by atoms with Crippen molar-refractivity contribution in [2.24, 2.45) is 0 Å². The predicted molar refractivity (Wildman–Crippen MR) is 123 cm³/mol. The highest BCUT2D eigenvalue weighted by molar-refractivity contribution is 5.94. The fourth-order valence-electron chi connectivity index (χ4n) is 3.73. The van der Waals surface area contributed by atoms with Gasteiger partial charge in [-0.1, -0.05) is 6.07 Å². The van der Waals surface area contributed by atoms with Crippen LogP contribution >= 0.6 is 0 Å². The van der Waals surface area contributed by atoms with Crippen LogP contribution in [0.4, 0.5) is 17.5 Å². The molecule has 4 heterocycles. The molecule has 0 spiro atoms. The molecule has 0 radical (unpaired) electrons. The molecule has 0 saturated carbocycles. The summed E-state index contributed by atoms with van der Waals surface area (Å²) in [6.07, 6.45) is 5.70. The first kappa shape index (κ1) is 19.7. The molecule has 1 saturated heterocycles. The normalized spacial score (nSPS) is 13.8. The van der Waals surface area contributed by atoms with E-state index >= 15 is 0 Å². The molecule has 1 aliphatic heterocycles. The second-order valence-electron chi connectivity index (χ2n) is 7.53. The van der Waals surface area contributed by atoms with Crippen LogP contribution in [0.25, 0.3) is 5.69 Å². The van der Waals surface area contributed by atoms with Crippen molar-refractivity contribution in [2.45, 2.75) is 0 Å². The van der Waals surface area contributed by atoms with Crippen LogP contribution in [-0.2, 0) is 0 Å². The number of carbonyl (C=O) groups excluding carboxylic acids is 1. The number of pyridine rings is 1. The Balaban J connectivity index is 1.17. The van der Waals surface area contributed by atoms with Crippen LogP contribution in [0, 0.1) is 0 Å². The minimum atomic E-state index is 0.0599. The third-order valence-corrected chi connectivity index (χ3v) is 5.48. The van der Waals surface area contributed by atoms with E-state index in [1.165, 1.54) is 0 Å². The maximum atomic E-state index is 12.9. The molecule has 1 N–H and O–H groups in total. The summed E-state index contributed by atoms with van der Waals surface area (Å²) in [5, 5.41) is 11.7. The molecule has 160 valence electrons. The van der Waals surface area contributed by atoms with Gasteiger partial charge in [-0.05, 0) is 60.7 Å². The Bertz CT molecular complexity index is 1150. The minimum absolute atomic E-state index is 0.0599. The minimum Gasteiger partial charge on any atom is -0.352 e. The average molecular weight is 425 g/mol. The Morgan fingerprint density at radius 1 is 0.781 bits per heavy atom. The van der Waals surface area contributed by atoms with Crippen molar-refractivity contribution in [1.29, 1.82) is 0 Å². The Labute approximate surface area is 186 Å². The monoisotopic (exact) mass is 425 g/mol. The van der Waals surface area contributed by atoms with E-state index in [1.54, 1.807) is 6.20 Å². The number of carbonyl (C=O) groups is 1. The SMILES string of the molecule is O=C(c1ccc(-n2cccc2)cc1)N1CCN(c2ccc(Nc3ccccn3)nn2)CC1. The lowest BCUT2D eigenvalue weighted by Gasteiger charge is -2.35. The van der Waals surface area contributed by atoms with Gasteiger partial charge in [-0.3, -0.25) is 4.79 Å². The van der Waals surface area contributed by atoms with E-state index in [4.69, 9.17) is 0 Å². The van der Waals surface area contributed by atoms with Crippen LogP contribution < -0.4 is 10.2 Å². The van der Waals surface area contributed by atoms with Crippen LogP contribution in [0.15, 0.2) is 85.3 Å². The van der Waals surface area contributed by atoms with E-state index < -0.39 is 0 Å². The molecule has 8 nitrogen and oxygen atoms in total. The highest BCUT2D eigenvalue weighted by atomic mass is 16.2. The van der Waals surface area contributed by atoms with E-state index in [1.807, 2.05) is 88.6 Å². The molecular formula is C24H23N7O. The largest absolute Gasteiger partial charge is 0.352 e. The molecule has 8 heteroatoms. The number of hydrogen-bond donors (Lipinski definition) is 1. The van der Waals surface area contributed by atoms with Gasteiger partial charge < -0.3 is 19.7 Å². The van der Waals surface area contributed by atoms with Crippen molar-refractivity contribution in [3.8, 4) is 5.69 Å². The summed E-state index contributed by atoms with van der Waals surface area (Å²) < 4.78 is 2.02.